The lowest BCUT2D eigenvalue weighted by Crippen LogP contribution is -2.64. The first-order chi connectivity index (χ1) is 18.9. The number of carbonyl (C=O) groups excluding carboxylic acids is 2. The summed E-state index contributed by atoms with van der Waals surface area (Å²) in [5.41, 5.74) is 0.706. The van der Waals surface area contributed by atoms with Crippen molar-refractivity contribution < 1.29 is 19.1 Å². The Hall–Kier alpha value is -1.22. The SMILES string of the molecule is CC(C)C[C@@H]1NCCN([C@@H](CC(C)C)C(=O)N2CCC3(C[C@@H]2C)OCC(C)(CN2CCC4(CC2)CC4)CO3)C1=O. The number of piperidine rings is 2. The molecule has 0 radical (unpaired) electrons. The maximum atomic E-state index is 14.1. The predicted molar refractivity (Wildman–Crippen MR) is 157 cm³/mol. The number of hydrogen-bond donors (Lipinski definition) is 1. The molecule has 4 saturated heterocycles. The molecule has 8 nitrogen and oxygen atoms in total. The highest BCUT2D eigenvalue weighted by atomic mass is 16.7. The number of hydrogen-bond acceptors (Lipinski definition) is 6. The lowest BCUT2D eigenvalue weighted by molar-refractivity contribution is -0.320. The molecule has 0 aromatic heterocycles. The van der Waals surface area contributed by atoms with Crippen molar-refractivity contribution in [1.82, 2.24) is 20.0 Å². The van der Waals surface area contributed by atoms with Crippen molar-refractivity contribution >= 4 is 11.8 Å². The van der Waals surface area contributed by atoms with E-state index in [2.05, 4.69) is 51.8 Å². The number of nitrogens with one attached hydrogen (secondary N) is 1. The van der Waals surface area contributed by atoms with Crippen molar-refractivity contribution in [2.45, 2.75) is 117 Å². The molecule has 1 N–H and O–H groups in total. The quantitative estimate of drug-likeness (QED) is 0.486. The minimum absolute atomic E-state index is 0.00146. The van der Waals surface area contributed by atoms with Gasteiger partial charge in [0.1, 0.15) is 6.04 Å². The van der Waals surface area contributed by atoms with E-state index in [1.54, 1.807) is 0 Å². The van der Waals surface area contributed by atoms with Crippen LogP contribution in [0.3, 0.4) is 0 Å². The molecule has 0 aromatic rings. The van der Waals surface area contributed by atoms with Gasteiger partial charge in [-0.1, -0.05) is 34.6 Å². The molecule has 5 aliphatic rings. The van der Waals surface area contributed by atoms with Gasteiger partial charge >= 0.3 is 0 Å². The molecule has 8 heteroatoms. The first-order valence-corrected chi connectivity index (χ1v) is 16.3. The average molecular weight is 561 g/mol. The number of ether oxygens (including phenoxy) is 2. The van der Waals surface area contributed by atoms with Crippen LogP contribution in [0.5, 0.6) is 0 Å². The number of carbonyl (C=O) groups is 2. The summed E-state index contributed by atoms with van der Waals surface area (Å²) >= 11 is 0. The van der Waals surface area contributed by atoms with Crippen LogP contribution < -0.4 is 5.32 Å². The van der Waals surface area contributed by atoms with Crippen LogP contribution in [0.25, 0.3) is 0 Å². The van der Waals surface area contributed by atoms with Crippen molar-refractivity contribution in [1.29, 1.82) is 0 Å². The highest BCUT2D eigenvalue weighted by Gasteiger charge is 2.50. The van der Waals surface area contributed by atoms with Crippen LogP contribution in [0.4, 0.5) is 0 Å². The number of likely N-dealkylation sites (tertiary alicyclic amines) is 2. The van der Waals surface area contributed by atoms with Crippen LogP contribution in [0.1, 0.15) is 92.9 Å². The van der Waals surface area contributed by atoms with Crippen molar-refractivity contribution in [3.8, 4) is 0 Å². The maximum absolute atomic E-state index is 14.1. The first-order valence-electron chi connectivity index (χ1n) is 16.3. The van der Waals surface area contributed by atoms with Gasteiger partial charge in [0.25, 0.3) is 0 Å². The molecule has 0 aromatic carbocycles. The van der Waals surface area contributed by atoms with Gasteiger partial charge in [-0.3, -0.25) is 9.59 Å². The monoisotopic (exact) mass is 560 g/mol. The van der Waals surface area contributed by atoms with Crippen LogP contribution in [0, 0.1) is 22.7 Å². The average Bonchev–Trinajstić information content (AvgIpc) is 3.66. The summed E-state index contributed by atoms with van der Waals surface area (Å²) in [4.78, 5) is 34.1. The molecular formula is C32H56N4O4. The van der Waals surface area contributed by atoms with E-state index in [1.807, 2.05) is 9.80 Å². The number of nitrogens with zero attached hydrogens (tertiary/aromatic N) is 3. The lowest BCUT2D eigenvalue weighted by Gasteiger charge is -2.52. The Morgan fingerprint density at radius 2 is 1.65 bits per heavy atom. The zero-order chi connectivity index (χ0) is 28.7. The fraction of sp³-hybridized carbons (Fsp3) is 0.938. The summed E-state index contributed by atoms with van der Waals surface area (Å²) in [6, 6.07) is -0.602. The second-order valence-corrected chi connectivity index (χ2v) is 15.2. The number of piperazine rings is 1. The van der Waals surface area contributed by atoms with E-state index < -0.39 is 11.8 Å². The van der Waals surface area contributed by atoms with Crippen LogP contribution in [0.15, 0.2) is 0 Å². The van der Waals surface area contributed by atoms with Gasteiger partial charge in [0.05, 0.1) is 19.3 Å². The van der Waals surface area contributed by atoms with Crippen molar-refractivity contribution in [3.05, 3.63) is 0 Å². The zero-order valence-corrected chi connectivity index (χ0v) is 26.2. The van der Waals surface area contributed by atoms with E-state index in [9.17, 15) is 9.59 Å². The second kappa shape index (κ2) is 11.8. The maximum Gasteiger partial charge on any atom is 0.245 e. The molecule has 2 spiro atoms. The third-order valence-corrected chi connectivity index (χ3v) is 10.4. The Morgan fingerprint density at radius 1 is 0.975 bits per heavy atom. The van der Waals surface area contributed by atoms with Crippen molar-refractivity contribution in [3.63, 3.8) is 0 Å². The molecule has 40 heavy (non-hydrogen) atoms. The topological polar surface area (TPSA) is 74.3 Å². The Labute approximate surface area is 242 Å². The summed E-state index contributed by atoms with van der Waals surface area (Å²) in [7, 11) is 0. The molecule has 5 fully saturated rings. The highest BCUT2D eigenvalue weighted by molar-refractivity contribution is 5.90. The fourth-order valence-corrected chi connectivity index (χ4v) is 7.67. The molecule has 0 unspecified atom stereocenters. The minimum atomic E-state index is -0.601. The van der Waals surface area contributed by atoms with E-state index in [0.717, 1.165) is 19.5 Å². The van der Waals surface area contributed by atoms with E-state index in [-0.39, 0.29) is 29.3 Å². The van der Waals surface area contributed by atoms with Crippen LogP contribution in [0.2, 0.25) is 0 Å². The van der Waals surface area contributed by atoms with Crippen molar-refractivity contribution in [2.24, 2.45) is 22.7 Å². The van der Waals surface area contributed by atoms with Gasteiger partial charge in [0.15, 0.2) is 5.79 Å². The Bertz CT molecular complexity index is 901. The number of amides is 2. The van der Waals surface area contributed by atoms with Crippen LogP contribution >= 0.6 is 0 Å². The van der Waals surface area contributed by atoms with Gasteiger partial charge in [0.2, 0.25) is 11.8 Å². The minimum Gasteiger partial charge on any atom is -0.349 e. The fourth-order valence-electron chi connectivity index (χ4n) is 7.67. The Morgan fingerprint density at radius 3 is 2.23 bits per heavy atom. The van der Waals surface area contributed by atoms with E-state index in [4.69, 9.17) is 9.47 Å². The molecule has 4 heterocycles. The molecular weight excluding hydrogens is 504 g/mol. The molecule has 0 bridgehead atoms. The van der Waals surface area contributed by atoms with Gasteiger partial charge < -0.3 is 29.5 Å². The predicted octanol–water partition coefficient (Wildman–Crippen LogP) is 3.88. The summed E-state index contributed by atoms with van der Waals surface area (Å²) < 4.78 is 13.1. The van der Waals surface area contributed by atoms with Crippen LogP contribution in [-0.4, -0.2) is 103 Å². The third kappa shape index (κ3) is 6.71. The molecule has 2 amide bonds. The lowest BCUT2D eigenvalue weighted by atomic mass is 9.86. The van der Waals surface area contributed by atoms with Crippen molar-refractivity contribution in [2.75, 3.05) is 52.5 Å². The molecule has 3 atom stereocenters. The normalized spacial score (nSPS) is 35.6. The smallest absolute Gasteiger partial charge is 0.245 e. The van der Waals surface area contributed by atoms with Gasteiger partial charge in [-0.15, -0.1) is 0 Å². The molecule has 5 rings (SSSR count). The summed E-state index contributed by atoms with van der Waals surface area (Å²) in [6.07, 6.45) is 8.44. The summed E-state index contributed by atoms with van der Waals surface area (Å²) in [5.74, 6) is 0.319. The molecule has 228 valence electrons. The summed E-state index contributed by atoms with van der Waals surface area (Å²) in [5, 5.41) is 3.39. The zero-order valence-electron chi connectivity index (χ0n) is 26.2. The highest BCUT2D eigenvalue weighted by Crippen LogP contribution is 2.53. The van der Waals surface area contributed by atoms with Gasteiger partial charge in [0, 0.05) is 50.5 Å². The summed E-state index contributed by atoms with van der Waals surface area (Å²) in [6.45, 7) is 19.8. The molecule has 4 aliphatic heterocycles. The third-order valence-electron chi connectivity index (χ3n) is 10.4. The van der Waals surface area contributed by atoms with Gasteiger partial charge in [-0.2, -0.15) is 0 Å². The Balaban J connectivity index is 1.17. The van der Waals surface area contributed by atoms with E-state index >= 15 is 0 Å². The van der Waals surface area contributed by atoms with Crippen LogP contribution in [-0.2, 0) is 19.1 Å². The number of rotatable bonds is 8. The van der Waals surface area contributed by atoms with Gasteiger partial charge in [-0.05, 0) is 75.8 Å². The first kappa shape index (κ1) is 30.2. The Kier molecular flexibility index (Phi) is 8.93. The molecule has 1 aliphatic carbocycles. The van der Waals surface area contributed by atoms with E-state index in [1.165, 1.54) is 38.8 Å². The largest absolute Gasteiger partial charge is 0.349 e. The standard InChI is InChI=1S/C32H56N4O4/c1-23(2)17-26-28(37)36(16-12-33-26)27(18-24(3)4)29(38)35-15-11-32(19-25(35)5)39-21-30(6,22-40-32)20-34-13-9-31(7-8-31)10-14-34/h23-27,33H,7-22H2,1-6H3/t25-,26-,27-,30?,32?/m0/s1. The van der Waals surface area contributed by atoms with E-state index in [0.29, 0.717) is 62.8 Å². The molecule has 1 saturated carbocycles. The second-order valence-electron chi connectivity index (χ2n) is 15.2. The van der Waals surface area contributed by atoms with Gasteiger partial charge in [-0.25, -0.2) is 0 Å².